The largest absolute Gasteiger partial charge is 0.361 e. The van der Waals surface area contributed by atoms with E-state index < -0.39 is 11.8 Å². The van der Waals surface area contributed by atoms with Gasteiger partial charge in [0, 0.05) is 42.3 Å². The number of carbonyl (C=O) groups is 2. The van der Waals surface area contributed by atoms with Gasteiger partial charge in [0.25, 0.3) is 0 Å². The van der Waals surface area contributed by atoms with Crippen molar-refractivity contribution in [3.63, 3.8) is 0 Å². The van der Waals surface area contributed by atoms with E-state index in [4.69, 9.17) is 0 Å². The molecule has 2 aliphatic heterocycles. The number of aromatic nitrogens is 2. The standard InChI is InChI=1S/C24H20N3O2/c1-26-23(28)20(17-12-25-19-10-3-2-8-15(17)19)21(24(26)29)18-13-27-11-5-7-14-6-4-9-16(18)22(14)27/h2-4,6,8-10,12-13,20-21,25H,1,5,7,11H2. The third kappa shape index (κ3) is 2.15. The number of amides is 2. The van der Waals surface area contributed by atoms with E-state index in [0.29, 0.717) is 0 Å². The van der Waals surface area contributed by atoms with Crippen molar-refractivity contribution in [2.75, 3.05) is 0 Å². The number of para-hydroxylation sites is 2. The van der Waals surface area contributed by atoms with Crippen LogP contribution in [0.2, 0.25) is 0 Å². The summed E-state index contributed by atoms with van der Waals surface area (Å²) in [6.07, 6.45) is 6.09. The zero-order valence-corrected chi connectivity index (χ0v) is 15.9. The SMILES string of the molecule is [CH2]N1C(=O)C(c2c[nH]c3ccccc23)C(c2cn3c4c(cccc24)CCC3)C1=O. The first kappa shape index (κ1) is 16.6. The molecule has 0 aliphatic carbocycles. The Morgan fingerprint density at radius 3 is 2.55 bits per heavy atom. The minimum atomic E-state index is -0.570. The van der Waals surface area contributed by atoms with E-state index in [0.717, 1.165) is 51.7 Å². The second-order valence-electron chi connectivity index (χ2n) is 8.04. The number of imide groups is 1. The number of fused-ring (bicyclic) bond motifs is 1. The third-order valence-electron chi connectivity index (χ3n) is 6.55. The van der Waals surface area contributed by atoms with Gasteiger partial charge >= 0.3 is 0 Å². The van der Waals surface area contributed by atoms with Crippen LogP contribution in [0.5, 0.6) is 0 Å². The summed E-state index contributed by atoms with van der Waals surface area (Å²) in [6.45, 7) is 0.939. The average molecular weight is 382 g/mol. The second kappa shape index (κ2) is 5.83. The monoisotopic (exact) mass is 382 g/mol. The quantitative estimate of drug-likeness (QED) is 0.531. The van der Waals surface area contributed by atoms with Crippen LogP contribution in [0.15, 0.2) is 54.9 Å². The van der Waals surface area contributed by atoms with Crippen LogP contribution in [0.1, 0.15) is 34.9 Å². The molecule has 2 aliphatic rings. The Labute approximate surface area is 167 Å². The fourth-order valence-corrected chi connectivity index (χ4v) is 5.24. The van der Waals surface area contributed by atoms with Gasteiger partial charge in [-0.25, -0.2) is 0 Å². The highest BCUT2D eigenvalue weighted by atomic mass is 16.2. The molecule has 5 heteroatoms. The van der Waals surface area contributed by atoms with E-state index in [-0.39, 0.29) is 11.8 Å². The Hall–Kier alpha value is -3.34. The first-order valence-corrected chi connectivity index (χ1v) is 10.00. The number of nitrogens with one attached hydrogen (secondary N) is 1. The van der Waals surface area contributed by atoms with E-state index in [9.17, 15) is 9.59 Å². The zero-order chi connectivity index (χ0) is 19.7. The molecule has 2 atom stereocenters. The van der Waals surface area contributed by atoms with Gasteiger partial charge in [0.15, 0.2) is 0 Å². The van der Waals surface area contributed by atoms with Gasteiger partial charge in [0.1, 0.15) is 0 Å². The molecule has 4 heterocycles. The van der Waals surface area contributed by atoms with Gasteiger partial charge in [0.2, 0.25) is 11.8 Å². The Bertz CT molecular complexity index is 1310. The molecular weight excluding hydrogens is 362 g/mol. The van der Waals surface area contributed by atoms with Gasteiger partial charge in [0.05, 0.1) is 17.4 Å². The molecule has 2 aromatic carbocycles. The maximum atomic E-state index is 13.2. The van der Waals surface area contributed by atoms with E-state index >= 15 is 0 Å². The molecule has 5 nitrogen and oxygen atoms in total. The van der Waals surface area contributed by atoms with E-state index in [1.54, 1.807) is 0 Å². The van der Waals surface area contributed by atoms with Crippen molar-refractivity contribution in [1.29, 1.82) is 0 Å². The molecule has 0 bridgehead atoms. The first-order chi connectivity index (χ1) is 14.1. The van der Waals surface area contributed by atoms with Gasteiger partial charge in [-0.15, -0.1) is 0 Å². The van der Waals surface area contributed by atoms with Gasteiger partial charge < -0.3 is 9.55 Å². The molecule has 2 unspecified atom stereocenters. The van der Waals surface area contributed by atoms with Crippen LogP contribution in [-0.4, -0.2) is 26.3 Å². The van der Waals surface area contributed by atoms with Crippen molar-refractivity contribution in [3.8, 4) is 0 Å². The van der Waals surface area contributed by atoms with Crippen molar-refractivity contribution in [2.45, 2.75) is 31.2 Å². The number of rotatable bonds is 2. The minimum Gasteiger partial charge on any atom is -0.361 e. The summed E-state index contributed by atoms with van der Waals surface area (Å²) in [5.74, 6) is -1.60. The lowest BCUT2D eigenvalue weighted by molar-refractivity contribution is -0.136. The summed E-state index contributed by atoms with van der Waals surface area (Å²) < 4.78 is 2.25. The summed E-state index contributed by atoms with van der Waals surface area (Å²) in [6, 6.07) is 14.2. The van der Waals surface area contributed by atoms with Gasteiger partial charge in [-0.3, -0.25) is 14.5 Å². The number of H-pyrrole nitrogens is 1. The third-order valence-corrected chi connectivity index (χ3v) is 6.55. The molecule has 1 fully saturated rings. The second-order valence-corrected chi connectivity index (χ2v) is 8.04. The number of hydrogen-bond acceptors (Lipinski definition) is 2. The van der Waals surface area contributed by atoms with Gasteiger partial charge in [-0.1, -0.05) is 36.4 Å². The predicted octanol–water partition coefficient (Wildman–Crippen LogP) is 4.10. The summed E-state index contributed by atoms with van der Waals surface area (Å²) in [5.41, 5.74) is 5.28. The minimum absolute atomic E-state index is 0.228. The van der Waals surface area contributed by atoms with Crippen LogP contribution in [-0.2, 0) is 22.6 Å². The lowest BCUT2D eigenvalue weighted by atomic mass is 9.83. The molecule has 2 amide bonds. The molecule has 0 spiro atoms. The van der Waals surface area contributed by atoms with Crippen LogP contribution >= 0.6 is 0 Å². The number of likely N-dealkylation sites (tertiary alicyclic amines) is 1. The van der Waals surface area contributed by atoms with E-state index in [1.807, 2.05) is 30.5 Å². The highest BCUT2D eigenvalue weighted by Gasteiger charge is 2.49. The molecule has 1 radical (unpaired) electrons. The van der Waals surface area contributed by atoms with Crippen LogP contribution in [0.3, 0.4) is 0 Å². The fraction of sp³-hybridized carbons (Fsp3) is 0.208. The van der Waals surface area contributed by atoms with Gasteiger partial charge in [-0.2, -0.15) is 0 Å². The van der Waals surface area contributed by atoms with Crippen LogP contribution in [0.4, 0.5) is 0 Å². The van der Waals surface area contributed by atoms with E-state index in [1.165, 1.54) is 11.1 Å². The molecule has 1 saturated heterocycles. The van der Waals surface area contributed by atoms with Crippen molar-refractivity contribution in [2.24, 2.45) is 0 Å². The molecule has 2 aromatic heterocycles. The van der Waals surface area contributed by atoms with Crippen molar-refractivity contribution in [3.05, 3.63) is 78.6 Å². The molecule has 6 rings (SSSR count). The lowest BCUT2D eigenvalue weighted by Gasteiger charge is -2.15. The number of aryl methyl sites for hydroxylation is 2. The topological polar surface area (TPSA) is 58.1 Å². The van der Waals surface area contributed by atoms with Crippen LogP contribution in [0.25, 0.3) is 21.8 Å². The average Bonchev–Trinajstić information content (AvgIpc) is 3.39. The number of nitrogens with zero attached hydrogens (tertiary/aromatic N) is 2. The summed E-state index contributed by atoms with van der Waals surface area (Å²) in [7, 11) is 3.77. The Kier molecular flexibility index (Phi) is 3.34. The maximum Gasteiger partial charge on any atom is 0.238 e. The molecule has 4 aromatic rings. The maximum absolute atomic E-state index is 13.2. The summed E-state index contributed by atoms with van der Waals surface area (Å²) in [5, 5.41) is 2.06. The van der Waals surface area contributed by atoms with E-state index in [2.05, 4.69) is 41.0 Å². The normalized spacial score (nSPS) is 21.6. The molecule has 29 heavy (non-hydrogen) atoms. The molecule has 1 N–H and O–H groups in total. The first-order valence-electron chi connectivity index (χ1n) is 10.00. The van der Waals surface area contributed by atoms with Crippen molar-refractivity contribution >= 4 is 33.6 Å². The number of hydrogen-bond donors (Lipinski definition) is 1. The van der Waals surface area contributed by atoms with Crippen molar-refractivity contribution < 1.29 is 9.59 Å². The Balaban J connectivity index is 1.60. The number of carbonyl (C=O) groups excluding carboxylic acids is 2. The zero-order valence-electron chi connectivity index (χ0n) is 15.9. The number of aromatic amines is 1. The molecule has 143 valence electrons. The molecule has 0 saturated carbocycles. The Morgan fingerprint density at radius 2 is 1.69 bits per heavy atom. The van der Waals surface area contributed by atoms with Crippen LogP contribution in [0, 0.1) is 7.05 Å². The fourth-order valence-electron chi connectivity index (χ4n) is 5.24. The molecular formula is C24H20N3O2. The summed E-state index contributed by atoms with van der Waals surface area (Å²) >= 11 is 0. The van der Waals surface area contributed by atoms with Crippen LogP contribution < -0.4 is 0 Å². The predicted molar refractivity (Wildman–Crippen MR) is 111 cm³/mol. The van der Waals surface area contributed by atoms with Crippen molar-refractivity contribution in [1.82, 2.24) is 14.5 Å². The van der Waals surface area contributed by atoms with Gasteiger partial charge in [-0.05, 0) is 35.6 Å². The Morgan fingerprint density at radius 1 is 0.931 bits per heavy atom. The number of benzene rings is 2. The lowest BCUT2D eigenvalue weighted by Crippen LogP contribution is -2.23. The highest BCUT2D eigenvalue weighted by Crippen LogP contribution is 2.46. The smallest absolute Gasteiger partial charge is 0.238 e. The highest BCUT2D eigenvalue weighted by molar-refractivity contribution is 6.13. The summed E-state index contributed by atoms with van der Waals surface area (Å²) in [4.78, 5) is 30.7.